The highest BCUT2D eigenvalue weighted by Gasteiger charge is 2.48. The Morgan fingerprint density at radius 2 is 1.71 bits per heavy atom. The Labute approximate surface area is 206 Å². The van der Waals surface area contributed by atoms with Crippen LogP contribution in [0.4, 0.5) is 4.79 Å². The van der Waals surface area contributed by atoms with Crippen molar-refractivity contribution in [1.29, 1.82) is 0 Å². The molecule has 2 atom stereocenters. The Kier molecular flexibility index (Phi) is 7.43. The van der Waals surface area contributed by atoms with Crippen molar-refractivity contribution < 1.29 is 24.2 Å². The molecule has 0 saturated carbocycles. The van der Waals surface area contributed by atoms with Gasteiger partial charge in [-0.25, -0.2) is 9.59 Å². The molecule has 0 bridgehead atoms. The lowest BCUT2D eigenvalue weighted by Gasteiger charge is -2.35. The number of nitrogens with one attached hydrogen (secondary N) is 1. The number of amides is 2. The summed E-state index contributed by atoms with van der Waals surface area (Å²) in [6.07, 6.45) is 2.39. The van der Waals surface area contributed by atoms with Crippen molar-refractivity contribution in [2.75, 3.05) is 13.2 Å². The molecular formula is C28H34N2O5. The van der Waals surface area contributed by atoms with E-state index in [-0.39, 0.29) is 24.9 Å². The van der Waals surface area contributed by atoms with Gasteiger partial charge in [0.15, 0.2) is 0 Å². The number of fused-ring (bicyclic) bond motifs is 3. The average Bonchev–Trinajstić information content (AvgIpc) is 3.43. The number of aliphatic carboxylic acids is 1. The Morgan fingerprint density at radius 1 is 1.09 bits per heavy atom. The van der Waals surface area contributed by atoms with Gasteiger partial charge in [0.1, 0.15) is 12.1 Å². The Bertz CT molecular complexity index is 1050. The van der Waals surface area contributed by atoms with Crippen LogP contribution in [0.3, 0.4) is 0 Å². The van der Waals surface area contributed by atoms with Gasteiger partial charge in [-0.05, 0) is 47.9 Å². The first-order valence-electron chi connectivity index (χ1n) is 12.6. The predicted octanol–water partition coefficient (Wildman–Crippen LogP) is 4.94. The molecule has 1 fully saturated rings. The molecule has 2 N–H and O–H groups in total. The number of ether oxygens (including phenoxy) is 1. The summed E-state index contributed by atoms with van der Waals surface area (Å²) in [6, 6.07) is 15.9. The molecule has 0 aromatic heterocycles. The minimum Gasteiger partial charge on any atom is -0.479 e. The third-order valence-corrected chi connectivity index (χ3v) is 7.50. The van der Waals surface area contributed by atoms with Crippen LogP contribution in [-0.2, 0) is 14.3 Å². The van der Waals surface area contributed by atoms with Crippen molar-refractivity contribution in [2.45, 2.75) is 69.9 Å². The lowest BCUT2D eigenvalue weighted by atomic mass is 9.92. The molecule has 1 saturated heterocycles. The van der Waals surface area contributed by atoms with Gasteiger partial charge in [0.2, 0.25) is 5.91 Å². The van der Waals surface area contributed by atoms with E-state index in [9.17, 15) is 19.5 Å². The Hall–Kier alpha value is -3.35. The molecule has 4 rings (SSSR count). The SMILES string of the molecule is CCCC(CC(=O)N1CCCC1(CC)C(=O)O)NC(=O)OCC1c2ccccc2-c2ccccc21. The van der Waals surface area contributed by atoms with E-state index in [1.165, 1.54) is 4.90 Å². The molecule has 1 aliphatic carbocycles. The highest BCUT2D eigenvalue weighted by atomic mass is 16.5. The summed E-state index contributed by atoms with van der Waals surface area (Å²) < 4.78 is 5.65. The normalized spacial score (nSPS) is 19.7. The topological polar surface area (TPSA) is 95.9 Å². The third kappa shape index (κ3) is 4.77. The number of benzene rings is 2. The summed E-state index contributed by atoms with van der Waals surface area (Å²) >= 11 is 0. The zero-order valence-electron chi connectivity index (χ0n) is 20.5. The van der Waals surface area contributed by atoms with Crippen molar-refractivity contribution in [3.05, 3.63) is 59.7 Å². The van der Waals surface area contributed by atoms with E-state index in [1.807, 2.05) is 31.2 Å². The van der Waals surface area contributed by atoms with Gasteiger partial charge in [0, 0.05) is 24.9 Å². The molecule has 2 unspecified atom stereocenters. The van der Waals surface area contributed by atoms with Crippen LogP contribution in [0.1, 0.15) is 69.4 Å². The summed E-state index contributed by atoms with van der Waals surface area (Å²) in [5.74, 6) is -1.23. The molecule has 1 heterocycles. The number of carboxylic acids is 1. The molecule has 0 radical (unpaired) electrons. The van der Waals surface area contributed by atoms with E-state index in [2.05, 4.69) is 29.6 Å². The lowest BCUT2D eigenvalue weighted by molar-refractivity contribution is -0.157. The number of alkyl carbamates (subject to hydrolysis) is 1. The zero-order chi connectivity index (χ0) is 25.0. The first-order chi connectivity index (χ1) is 16.9. The lowest BCUT2D eigenvalue weighted by Crippen LogP contribution is -2.54. The number of carbonyl (C=O) groups is 3. The number of carboxylic acid groups (broad SMARTS) is 1. The zero-order valence-corrected chi connectivity index (χ0v) is 20.5. The number of likely N-dealkylation sites (tertiary alicyclic amines) is 1. The van der Waals surface area contributed by atoms with Gasteiger partial charge in [-0.1, -0.05) is 68.8 Å². The average molecular weight is 479 g/mol. The summed E-state index contributed by atoms with van der Waals surface area (Å²) in [5, 5.41) is 12.7. The second-order valence-corrected chi connectivity index (χ2v) is 9.50. The van der Waals surface area contributed by atoms with Crippen LogP contribution in [0.5, 0.6) is 0 Å². The first-order valence-corrected chi connectivity index (χ1v) is 12.6. The van der Waals surface area contributed by atoms with Crippen molar-refractivity contribution in [3.63, 3.8) is 0 Å². The largest absolute Gasteiger partial charge is 0.479 e. The maximum atomic E-state index is 13.1. The van der Waals surface area contributed by atoms with Crippen LogP contribution >= 0.6 is 0 Å². The van der Waals surface area contributed by atoms with Crippen molar-refractivity contribution >= 4 is 18.0 Å². The number of hydrogen-bond donors (Lipinski definition) is 2. The fourth-order valence-corrected chi connectivity index (χ4v) is 5.68. The van der Waals surface area contributed by atoms with E-state index >= 15 is 0 Å². The number of hydrogen-bond acceptors (Lipinski definition) is 4. The van der Waals surface area contributed by atoms with Crippen LogP contribution in [0.15, 0.2) is 48.5 Å². The maximum absolute atomic E-state index is 13.1. The van der Waals surface area contributed by atoms with E-state index in [1.54, 1.807) is 6.92 Å². The minimum absolute atomic E-state index is 0.0373. The van der Waals surface area contributed by atoms with Gasteiger partial charge in [0.05, 0.1) is 0 Å². The molecule has 2 aromatic rings. The summed E-state index contributed by atoms with van der Waals surface area (Å²) in [4.78, 5) is 39.3. The Balaban J connectivity index is 1.39. The molecule has 0 spiro atoms. The molecule has 7 nitrogen and oxygen atoms in total. The number of nitrogens with zero attached hydrogens (tertiary/aromatic N) is 1. The van der Waals surface area contributed by atoms with Gasteiger partial charge >= 0.3 is 12.1 Å². The summed E-state index contributed by atoms with van der Waals surface area (Å²) in [7, 11) is 0. The Morgan fingerprint density at radius 3 is 2.29 bits per heavy atom. The van der Waals surface area contributed by atoms with Crippen molar-refractivity contribution in [1.82, 2.24) is 10.2 Å². The van der Waals surface area contributed by atoms with Crippen molar-refractivity contribution in [2.24, 2.45) is 0 Å². The number of carbonyl (C=O) groups excluding carboxylic acids is 2. The van der Waals surface area contributed by atoms with Crippen molar-refractivity contribution in [3.8, 4) is 11.1 Å². The van der Waals surface area contributed by atoms with E-state index in [0.717, 1.165) is 28.7 Å². The molecule has 7 heteroatoms. The van der Waals surface area contributed by atoms with E-state index in [4.69, 9.17) is 4.74 Å². The predicted molar refractivity (Wildman–Crippen MR) is 133 cm³/mol. The van der Waals surface area contributed by atoms with Crippen LogP contribution in [-0.4, -0.2) is 52.7 Å². The smallest absolute Gasteiger partial charge is 0.407 e. The third-order valence-electron chi connectivity index (χ3n) is 7.50. The molecule has 2 aliphatic rings. The standard InChI is InChI=1S/C28H34N2O5/c1-3-10-19(17-25(31)30-16-9-15-28(30,4-2)26(32)33)29-27(34)35-18-24-22-13-7-5-11-20(22)21-12-6-8-14-23(21)24/h5-8,11-14,19,24H,3-4,9-10,15-18H2,1-2H3,(H,29,34)(H,32,33). The first kappa shape index (κ1) is 24.8. The molecule has 186 valence electrons. The summed E-state index contributed by atoms with van der Waals surface area (Å²) in [5.41, 5.74) is 3.46. The monoisotopic (exact) mass is 478 g/mol. The maximum Gasteiger partial charge on any atom is 0.407 e. The van der Waals surface area contributed by atoms with E-state index in [0.29, 0.717) is 32.2 Å². The quantitative estimate of drug-likeness (QED) is 0.532. The second kappa shape index (κ2) is 10.5. The molecule has 2 aromatic carbocycles. The van der Waals surface area contributed by atoms with E-state index < -0.39 is 23.6 Å². The molecule has 2 amide bonds. The number of rotatable bonds is 9. The van der Waals surface area contributed by atoms with Crippen LogP contribution in [0.2, 0.25) is 0 Å². The fourth-order valence-electron chi connectivity index (χ4n) is 5.68. The van der Waals surface area contributed by atoms with Crippen LogP contribution in [0, 0.1) is 0 Å². The van der Waals surface area contributed by atoms with Gasteiger partial charge < -0.3 is 20.1 Å². The fraction of sp³-hybridized carbons (Fsp3) is 0.464. The molecule has 35 heavy (non-hydrogen) atoms. The second-order valence-electron chi connectivity index (χ2n) is 9.50. The molecular weight excluding hydrogens is 444 g/mol. The minimum atomic E-state index is -1.14. The summed E-state index contributed by atoms with van der Waals surface area (Å²) in [6.45, 7) is 4.43. The highest BCUT2D eigenvalue weighted by Crippen LogP contribution is 2.44. The van der Waals surface area contributed by atoms with Gasteiger partial charge in [0.25, 0.3) is 0 Å². The molecule has 1 aliphatic heterocycles. The highest BCUT2D eigenvalue weighted by molar-refractivity contribution is 5.88. The van der Waals surface area contributed by atoms with Crippen LogP contribution in [0.25, 0.3) is 11.1 Å². The van der Waals surface area contributed by atoms with Gasteiger partial charge in [-0.3, -0.25) is 4.79 Å². The van der Waals surface area contributed by atoms with Gasteiger partial charge in [-0.15, -0.1) is 0 Å². The van der Waals surface area contributed by atoms with Gasteiger partial charge in [-0.2, -0.15) is 0 Å². The van der Waals surface area contributed by atoms with Crippen LogP contribution < -0.4 is 5.32 Å².